The Labute approximate surface area is 111 Å². The Bertz CT molecular complexity index is 526. The summed E-state index contributed by atoms with van der Waals surface area (Å²) in [6.07, 6.45) is -7.09. The predicted octanol–water partition coefficient (Wildman–Crippen LogP) is 1.86. The summed E-state index contributed by atoms with van der Waals surface area (Å²) in [4.78, 5) is 22.7. The number of carbonyl (C=O) groups is 2. The van der Waals surface area contributed by atoms with Crippen LogP contribution in [0.1, 0.15) is 16.8 Å². The number of ketones is 1. The quantitative estimate of drug-likeness (QED) is 0.523. The van der Waals surface area contributed by atoms with Crippen LogP contribution in [0, 0.1) is 5.82 Å². The van der Waals surface area contributed by atoms with Crippen molar-refractivity contribution in [2.75, 3.05) is 7.11 Å². The molecule has 0 bridgehead atoms. The van der Waals surface area contributed by atoms with Gasteiger partial charge >= 0.3 is 12.1 Å². The van der Waals surface area contributed by atoms with E-state index in [0.29, 0.717) is 7.11 Å². The Kier molecular flexibility index (Phi) is 4.49. The fraction of sp³-hybridized carbons (Fsp3) is 0.333. The second-order valence-corrected chi connectivity index (χ2v) is 3.93. The van der Waals surface area contributed by atoms with Crippen LogP contribution in [0.2, 0.25) is 0 Å². The van der Waals surface area contributed by atoms with Gasteiger partial charge in [0.1, 0.15) is 5.82 Å². The van der Waals surface area contributed by atoms with Crippen molar-refractivity contribution in [2.24, 2.45) is 0 Å². The molecular formula is C12H10F4O4. The standard InChI is InChI=1S/C12H10F4O4/c1-20-10(18)11(19,12(14,15)16)6-9(17)7-4-2-3-5-8(7)13/h2-5,19H,6H2,1H3. The molecule has 0 saturated carbocycles. The van der Waals surface area contributed by atoms with Gasteiger partial charge in [-0.1, -0.05) is 12.1 Å². The van der Waals surface area contributed by atoms with Gasteiger partial charge in [0.15, 0.2) is 5.78 Å². The molecule has 1 unspecified atom stereocenters. The van der Waals surface area contributed by atoms with Gasteiger partial charge in [-0.3, -0.25) is 4.79 Å². The molecule has 1 aromatic carbocycles. The number of rotatable bonds is 4. The number of esters is 1. The second kappa shape index (κ2) is 5.58. The Hall–Kier alpha value is -1.96. The average Bonchev–Trinajstić information content (AvgIpc) is 2.36. The van der Waals surface area contributed by atoms with Gasteiger partial charge in [-0.15, -0.1) is 0 Å². The van der Waals surface area contributed by atoms with E-state index < -0.39 is 41.3 Å². The molecule has 0 saturated heterocycles. The second-order valence-electron chi connectivity index (χ2n) is 3.93. The van der Waals surface area contributed by atoms with Crippen molar-refractivity contribution in [3.8, 4) is 0 Å². The number of ether oxygens (including phenoxy) is 1. The van der Waals surface area contributed by atoms with Gasteiger partial charge in [0.05, 0.1) is 19.1 Å². The van der Waals surface area contributed by atoms with E-state index in [2.05, 4.69) is 4.74 Å². The molecule has 0 aliphatic carbocycles. The number of methoxy groups -OCH3 is 1. The van der Waals surface area contributed by atoms with Gasteiger partial charge < -0.3 is 9.84 Å². The number of carbonyl (C=O) groups excluding carboxylic acids is 2. The smallest absolute Gasteiger partial charge is 0.428 e. The highest BCUT2D eigenvalue weighted by atomic mass is 19.4. The van der Waals surface area contributed by atoms with Gasteiger partial charge in [0, 0.05) is 0 Å². The zero-order valence-electron chi connectivity index (χ0n) is 10.2. The Balaban J connectivity index is 3.13. The third kappa shape index (κ3) is 2.96. The first-order chi connectivity index (χ1) is 9.13. The molecule has 0 spiro atoms. The molecule has 0 aromatic heterocycles. The SMILES string of the molecule is COC(=O)C(O)(CC(=O)c1ccccc1F)C(F)(F)F. The van der Waals surface area contributed by atoms with Crippen molar-refractivity contribution in [3.05, 3.63) is 35.6 Å². The lowest BCUT2D eigenvalue weighted by Crippen LogP contribution is -2.54. The summed E-state index contributed by atoms with van der Waals surface area (Å²) in [5.74, 6) is -4.45. The van der Waals surface area contributed by atoms with Gasteiger partial charge in [0.2, 0.25) is 0 Å². The number of hydrogen-bond acceptors (Lipinski definition) is 4. The van der Waals surface area contributed by atoms with Crippen LogP contribution in [0.4, 0.5) is 17.6 Å². The van der Waals surface area contributed by atoms with Crippen molar-refractivity contribution >= 4 is 11.8 Å². The fourth-order valence-electron chi connectivity index (χ4n) is 1.47. The van der Waals surface area contributed by atoms with Crippen LogP contribution in [0.25, 0.3) is 0 Å². The molecule has 0 amide bonds. The van der Waals surface area contributed by atoms with E-state index in [4.69, 9.17) is 0 Å². The number of Topliss-reactive ketones (excluding diaryl/α,β-unsaturated/α-hetero) is 1. The number of aliphatic hydroxyl groups is 1. The predicted molar refractivity (Wildman–Crippen MR) is 58.4 cm³/mol. The van der Waals surface area contributed by atoms with Crippen LogP contribution in [0.3, 0.4) is 0 Å². The molecule has 8 heteroatoms. The summed E-state index contributed by atoms with van der Waals surface area (Å²) in [6, 6.07) is 4.30. The molecule has 1 N–H and O–H groups in total. The molecule has 110 valence electrons. The summed E-state index contributed by atoms with van der Waals surface area (Å²) < 4.78 is 55.3. The summed E-state index contributed by atoms with van der Waals surface area (Å²) in [7, 11) is 0.632. The number of halogens is 4. The highest BCUT2D eigenvalue weighted by Gasteiger charge is 2.61. The van der Waals surface area contributed by atoms with Crippen LogP contribution in [-0.4, -0.2) is 35.7 Å². The summed E-state index contributed by atoms with van der Waals surface area (Å²) in [5, 5.41) is 9.40. The lowest BCUT2D eigenvalue weighted by Gasteiger charge is -2.26. The van der Waals surface area contributed by atoms with Gasteiger partial charge in [-0.05, 0) is 12.1 Å². The van der Waals surface area contributed by atoms with Crippen LogP contribution < -0.4 is 0 Å². The highest BCUT2D eigenvalue weighted by molar-refractivity contribution is 6.00. The first-order valence-corrected chi connectivity index (χ1v) is 5.28. The van der Waals surface area contributed by atoms with E-state index in [1.807, 2.05) is 0 Å². The molecule has 0 heterocycles. The van der Waals surface area contributed by atoms with Crippen LogP contribution in [-0.2, 0) is 9.53 Å². The molecule has 1 atom stereocenters. The van der Waals surface area contributed by atoms with E-state index in [1.54, 1.807) is 0 Å². The third-order valence-corrected chi connectivity index (χ3v) is 2.58. The molecular weight excluding hydrogens is 284 g/mol. The molecule has 0 fully saturated rings. The van der Waals surface area contributed by atoms with E-state index in [-0.39, 0.29) is 0 Å². The molecule has 1 aromatic rings. The van der Waals surface area contributed by atoms with Gasteiger partial charge in [-0.2, -0.15) is 13.2 Å². The molecule has 0 radical (unpaired) electrons. The van der Waals surface area contributed by atoms with Gasteiger partial charge in [-0.25, -0.2) is 9.18 Å². The van der Waals surface area contributed by atoms with Crippen molar-refractivity contribution in [3.63, 3.8) is 0 Å². The highest BCUT2D eigenvalue weighted by Crippen LogP contribution is 2.35. The van der Waals surface area contributed by atoms with E-state index in [1.165, 1.54) is 12.1 Å². The van der Waals surface area contributed by atoms with Crippen molar-refractivity contribution in [1.82, 2.24) is 0 Å². The van der Waals surface area contributed by atoms with Gasteiger partial charge in [0.25, 0.3) is 5.60 Å². The molecule has 0 aliphatic rings. The monoisotopic (exact) mass is 294 g/mol. The topological polar surface area (TPSA) is 63.6 Å². The summed E-state index contributed by atoms with van der Waals surface area (Å²) in [5.41, 5.74) is -4.67. The number of hydrogen-bond donors (Lipinski definition) is 1. The Morgan fingerprint density at radius 2 is 1.80 bits per heavy atom. The number of alkyl halides is 3. The zero-order chi connectivity index (χ0) is 15.6. The minimum atomic E-state index is -5.43. The Morgan fingerprint density at radius 1 is 1.25 bits per heavy atom. The van der Waals surface area contributed by atoms with Crippen LogP contribution in [0.5, 0.6) is 0 Å². The number of benzene rings is 1. The summed E-state index contributed by atoms with van der Waals surface area (Å²) >= 11 is 0. The van der Waals surface area contributed by atoms with E-state index in [0.717, 1.165) is 12.1 Å². The maximum atomic E-state index is 13.3. The van der Waals surface area contributed by atoms with E-state index >= 15 is 0 Å². The molecule has 4 nitrogen and oxygen atoms in total. The van der Waals surface area contributed by atoms with Crippen molar-refractivity contribution in [2.45, 2.75) is 18.2 Å². The summed E-state index contributed by atoms with van der Waals surface area (Å²) in [6.45, 7) is 0. The lowest BCUT2D eigenvalue weighted by molar-refractivity contribution is -0.260. The molecule has 1 rings (SSSR count). The van der Waals surface area contributed by atoms with Crippen molar-refractivity contribution < 1.29 is 37.0 Å². The fourth-order valence-corrected chi connectivity index (χ4v) is 1.47. The minimum Gasteiger partial charge on any atom is -0.467 e. The lowest BCUT2D eigenvalue weighted by atomic mass is 9.93. The van der Waals surface area contributed by atoms with E-state index in [9.17, 15) is 32.3 Å². The minimum absolute atomic E-state index is 0.632. The largest absolute Gasteiger partial charge is 0.467 e. The van der Waals surface area contributed by atoms with Crippen LogP contribution >= 0.6 is 0 Å². The third-order valence-electron chi connectivity index (χ3n) is 2.58. The maximum absolute atomic E-state index is 13.3. The first-order valence-electron chi connectivity index (χ1n) is 5.28. The molecule has 0 aliphatic heterocycles. The van der Waals surface area contributed by atoms with Crippen molar-refractivity contribution in [1.29, 1.82) is 0 Å². The maximum Gasteiger partial charge on any atom is 0.428 e. The van der Waals surface area contributed by atoms with Crippen LogP contribution in [0.15, 0.2) is 24.3 Å². The normalized spacial score (nSPS) is 14.5. The molecule has 20 heavy (non-hydrogen) atoms. The first kappa shape index (κ1) is 16.1. The average molecular weight is 294 g/mol. The Morgan fingerprint density at radius 3 is 2.25 bits per heavy atom. The zero-order valence-corrected chi connectivity index (χ0v) is 10.2.